The van der Waals surface area contributed by atoms with E-state index in [1.54, 1.807) is 19.4 Å². The Morgan fingerprint density at radius 2 is 2.58 bits per heavy atom. The Labute approximate surface area is 71.4 Å². The van der Waals surface area contributed by atoms with Crippen molar-refractivity contribution < 1.29 is 10.1 Å². The van der Waals surface area contributed by atoms with Crippen molar-refractivity contribution in [2.24, 2.45) is 0 Å². The highest BCUT2D eigenvalue weighted by molar-refractivity contribution is 5.80. The molecule has 0 aliphatic rings. The molecule has 0 radical (unpaired) electrons. The fraction of sp³-hybridized carbons (Fsp3) is 0.500. The monoisotopic (exact) mass is 168 g/mol. The maximum Gasteiger partial charge on any atom is 0.187 e. The third-order valence-electron chi connectivity index (χ3n) is 1.92. The number of likely N-dealkylation sites (N-methyl/N-ethyl adjacent to an activating group) is 1. The number of rotatable bonds is 4. The van der Waals surface area contributed by atoms with Crippen LogP contribution in [0.2, 0.25) is 0 Å². The van der Waals surface area contributed by atoms with Crippen LogP contribution in [0.3, 0.4) is 0 Å². The van der Waals surface area contributed by atoms with Gasteiger partial charge in [0.2, 0.25) is 0 Å². The molecule has 0 aromatic carbocycles. The molecule has 1 aromatic heterocycles. The number of aromatic amines is 1. The molecule has 0 aliphatic carbocycles. The van der Waals surface area contributed by atoms with Crippen LogP contribution in [0.1, 0.15) is 12.6 Å². The quantitative estimate of drug-likeness (QED) is 0.612. The van der Waals surface area contributed by atoms with Gasteiger partial charge in [-0.2, -0.15) is 0 Å². The Morgan fingerprint density at radius 3 is 3.00 bits per heavy atom. The van der Waals surface area contributed by atoms with Gasteiger partial charge in [0.25, 0.3) is 0 Å². The standard InChI is InChI=1S/C8H13N3O/c1-6(12)8(9-2)3-7-4-10-5-11-7/h4-5,8-9H,3H2,1-2H3,(H,10,11)/p+1/t8-/m0/s1. The highest BCUT2D eigenvalue weighted by Gasteiger charge is 2.16. The number of nitrogens with one attached hydrogen (secondary N) is 1. The summed E-state index contributed by atoms with van der Waals surface area (Å²) < 4.78 is 0. The second-order valence-corrected chi connectivity index (χ2v) is 2.83. The lowest BCUT2D eigenvalue weighted by Gasteiger charge is -2.06. The number of hydrogen-bond acceptors (Lipinski definition) is 2. The molecule has 3 N–H and O–H groups in total. The van der Waals surface area contributed by atoms with E-state index in [1.807, 2.05) is 12.4 Å². The number of nitrogens with two attached hydrogens (primary N) is 1. The highest BCUT2D eigenvalue weighted by atomic mass is 16.1. The van der Waals surface area contributed by atoms with Crippen LogP contribution in [0.5, 0.6) is 0 Å². The Kier molecular flexibility index (Phi) is 2.99. The largest absolute Gasteiger partial charge is 0.348 e. The lowest BCUT2D eigenvalue weighted by Crippen LogP contribution is -2.88. The normalized spacial score (nSPS) is 12.8. The molecule has 0 fully saturated rings. The molecule has 0 saturated heterocycles. The van der Waals surface area contributed by atoms with Crippen LogP contribution in [-0.4, -0.2) is 28.8 Å². The van der Waals surface area contributed by atoms with Crippen LogP contribution in [-0.2, 0) is 11.2 Å². The van der Waals surface area contributed by atoms with Crippen LogP contribution in [0.25, 0.3) is 0 Å². The Bertz CT molecular complexity index is 243. The van der Waals surface area contributed by atoms with Crippen LogP contribution < -0.4 is 5.32 Å². The lowest BCUT2D eigenvalue weighted by molar-refractivity contribution is -0.649. The fourth-order valence-corrected chi connectivity index (χ4v) is 1.13. The summed E-state index contributed by atoms with van der Waals surface area (Å²) in [5.41, 5.74) is 1.01. The van der Waals surface area contributed by atoms with Crippen LogP contribution >= 0.6 is 0 Å². The molecule has 1 rings (SSSR count). The van der Waals surface area contributed by atoms with Crippen molar-refractivity contribution in [1.29, 1.82) is 0 Å². The molecule has 0 unspecified atom stereocenters. The zero-order chi connectivity index (χ0) is 8.97. The molecule has 0 spiro atoms. The van der Waals surface area contributed by atoms with Gasteiger partial charge in [0, 0.05) is 25.2 Å². The van der Waals surface area contributed by atoms with E-state index in [1.165, 1.54) is 0 Å². The van der Waals surface area contributed by atoms with Crippen molar-refractivity contribution in [3.8, 4) is 0 Å². The van der Waals surface area contributed by atoms with Gasteiger partial charge in [-0.3, -0.25) is 4.79 Å². The number of ketones is 1. The van der Waals surface area contributed by atoms with Crippen LogP contribution in [0, 0.1) is 0 Å². The molecule has 0 bridgehead atoms. The van der Waals surface area contributed by atoms with E-state index < -0.39 is 0 Å². The minimum Gasteiger partial charge on any atom is -0.348 e. The Hall–Kier alpha value is -1.16. The summed E-state index contributed by atoms with van der Waals surface area (Å²) in [5, 5.41) is 1.92. The summed E-state index contributed by atoms with van der Waals surface area (Å²) in [6, 6.07) is 0.0189. The minimum absolute atomic E-state index is 0.0189. The molecular formula is C8H14N3O+. The first-order chi connectivity index (χ1) is 5.74. The first-order valence-electron chi connectivity index (χ1n) is 4.01. The van der Waals surface area contributed by atoms with Crippen molar-refractivity contribution in [1.82, 2.24) is 9.97 Å². The van der Waals surface area contributed by atoms with Crippen molar-refractivity contribution >= 4 is 5.78 Å². The van der Waals surface area contributed by atoms with Gasteiger partial charge in [-0.25, -0.2) is 4.98 Å². The number of hydrogen-bond donors (Lipinski definition) is 2. The first kappa shape index (κ1) is 8.93. The number of carbonyl (C=O) groups excluding carboxylic acids is 1. The van der Waals surface area contributed by atoms with E-state index in [9.17, 15) is 4.79 Å². The third kappa shape index (κ3) is 2.17. The molecule has 1 atom stereocenters. The number of quaternary nitrogens is 1. The van der Waals surface area contributed by atoms with E-state index in [2.05, 4.69) is 9.97 Å². The molecule has 12 heavy (non-hydrogen) atoms. The summed E-state index contributed by atoms with van der Waals surface area (Å²) in [6.45, 7) is 1.61. The minimum atomic E-state index is 0.0189. The van der Waals surface area contributed by atoms with Gasteiger partial charge in [-0.15, -0.1) is 0 Å². The fourth-order valence-electron chi connectivity index (χ4n) is 1.13. The van der Waals surface area contributed by atoms with Gasteiger partial charge in [0.15, 0.2) is 11.8 Å². The van der Waals surface area contributed by atoms with Gasteiger partial charge in [-0.1, -0.05) is 0 Å². The number of Topliss-reactive ketones (excluding diaryl/α,β-unsaturated/α-hetero) is 1. The second kappa shape index (κ2) is 4.01. The van der Waals surface area contributed by atoms with Crippen LogP contribution in [0.4, 0.5) is 0 Å². The van der Waals surface area contributed by atoms with Gasteiger partial charge in [0.1, 0.15) is 0 Å². The molecule has 4 heteroatoms. The Balaban J connectivity index is 2.54. The highest BCUT2D eigenvalue weighted by Crippen LogP contribution is 1.95. The maximum absolute atomic E-state index is 11.0. The molecule has 0 amide bonds. The lowest BCUT2D eigenvalue weighted by atomic mass is 10.1. The SMILES string of the molecule is C[NH2+][C@@H](Cc1cnc[nH]1)C(C)=O. The predicted molar refractivity (Wildman–Crippen MR) is 44.6 cm³/mol. The third-order valence-corrected chi connectivity index (χ3v) is 1.92. The van der Waals surface area contributed by atoms with Gasteiger partial charge >= 0.3 is 0 Å². The molecule has 1 heterocycles. The van der Waals surface area contributed by atoms with Crippen molar-refractivity contribution in [2.75, 3.05) is 7.05 Å². The van der Waals surface area contributed by atoms with Gasteiger partial charge in [-0.05, 0) is 0 Å². The molecule has 1 aromatic rings. The summed E-state index contributed by atoms with van der Waals surface area (Å²) in [5.74, 6) is 0.201. The van der Waals surface area contributed by atoms with E-state index in [0.29, 0.717) is 0 Å². The number of imidazole rings is 1. The molecule has 66 valence electrons. The number of aromatic nitrogens is 2. The van der Waals surface area contributed by atoms with E-state index in [-0.39, 0.29) is 11.8 Å². The first-order valence-corrected chi connectivity index (χ1v) is 4.01. The number of carbonyl (C=O) groups is 1. The van der Waals surface area contributed by atoms with Crippen molar-refractivity contribution in [2.45, 2.75) is 19.4 Å². The van der Waals surface area contributed by atoms with E-state index in [0.717, 1.165) is 12.1 Å². The smallest absolute Gasteiger partial charge is 0.187 e. The number of nitrogens with zero attached hydrogens (tertiary/aromatic N) is 1. The second-order valence-electron chi connectivity index (χ2n) is 2.83. The average molecular weight is 168 g/mol. The zero-order valence-electron chi connectivity index (χ0n) is 7.37. The topological polar surface area (TPSA) is 62.4 Å². The van der Waals surface area contributed by atoms with E-state index >= 15 is 0 Å². The van der Waals surface area contributed by atoms with Crippen LogP contribution in [0.15, 0.2) is 12.5 Å². The summed E-state index contributed by atoms with van der Waals surface area (Å²) >= 11 is 0. The summed E-state index contributed by atoms with van der Waals surface area (Å²) in [4.78, 5) is 17.9. The molecule has 4 nitrogen and oxygen atoms in total. The van der Waals surface area contributed by atoms with Crippen molar-refractivity contribution in [3.63, 3.8) is 0 Å². The van der Waals surface area contributed by atoms with E-state index in [4.69, 9.17) is 0 Å². The molecule has 0 saturated carbocycles. The summed E-state index contributed by atoms with van der Waals surface area (Å²) in [7, 11) is 1.91. The maximum atomic E-state index is 11.0. The molecule has 0 aliphatic heterocycles. The number of H-pyrrole nitrogens is 1. The average Bonchev–Trinajstić information content (AvgIpc) is 2.51. The van der Waals surface area contributed by atoms with Gasteiger partial charge in [0.05, 0.1) is 13.4 Å². The van der Waals surface area contributed by atoms with Gasteiger partial charge < -0.3 is 10.3 Å². The Morgan fingerprint density at radius 1 is 1.83 bits per heavy atom. The zero-order valence-corrected chi connectivity index (χ0v) is 7.37. The van der Waals surface area contributed by atoms with Crippen molar-refractivity contribution in [3.05, 3.63) is 18.2 Å². The molecular weight excluding hydrogens is 154 g/mol. The summed E-state index contributed by atoms with van der Waals surface area (Å²) in [6.07, 6.45) is 4.10. The predicted octanol–water partition coefficient (Wildman–Crippen LogP) is -0.897.